The highest BCUT2D eigenvalue weighted by Gasteiger charge is 2.19. The number of amides is 1. The molecule has 2 N–H and O–H groups in total. The molecule has 0 saturated carbocycles. The van der Waals surface area contributed by atoms with E-state index in [1.807, 2.05) is 23.6 Å². The lowest BCUT2D eigenvalue weighted by Gasteiger charge is -2.21. The topological polar surface area (TPSA) is 49.3 Å². The summed E-state index contributed by atoms with van der Waals surface area (Å²) in [6, 6.07) is 11.3. The van der Waals surface area contributed by atoms with Crippen molar-refractivity contribution < 1.29 is 9.90 Å². The van der Waals surface area contributed by atoms with Crippen molar-refractivity contribution in [2.45, 2.75) is 32.7 Å². The number of carbonyl (C=O) groups excluding carboxylic acids is 1. The molecule has 0 radical (unpaired) electrons. The first kappa shape index (κ1) is 15.6. The summed E-state index contributed by atoms with van der Waals surface area (Å²) in [7, 11) is 0. The van der Waals surface area contributed by atoms with Gasteiger partial charge in [-0.15, -0.1) is 11.3 Å². The molecule has 0 spiro atoms. The lowest BCUT2D eigenvalue weighted by Crippen LogP contribution is -2.31. The van der Waals surface area contributed by atoms with Crippen LogP contribution in [0.15, 0.2) is 41.8 Å². The predicted molar refractivity (Wildman–Crippen MR) is 86.5 cm³/mol. The Hall–Kier alpha value is -1.81. The van der Waals surface area contributed by atoms with Crippen LogP contribution in [-0.4, -0.2) is 11.0 Å². The largest absolute Gasteiger partial charge is 0.508 e. The molecule has 21 heavy (non-hydrogen) atoms. The van der Waals surface area contributed by atoms with Gasteiger partial charge in [-0.25, -0.2) is 0 Å². The Morgan fingerprint density at radius 2 is 2.00 bits per heavy atom. The van der Waals surface area contributed by atoms with Crippen LogP contribution >= 0.6 is 11.3 Å². The number of carbonyl (C=O) groups is 1. The number of hydrogen-bond donors (Lipinski definition) is 2. The first-order chi connectivity index (χ1) is 10.1. The van der Waals surface area contributed by atoms with E-state index in [4.69, 9.17) is 0 Å². The van der Waals surface area contributed by atoms with Crippen molar-refractivity contribution in [3.8, 4) is 5.75 Å². The molecule has 112 valence electrons. The Morgan fingerprint density at radius 3 is 2.62 bits per heavy atom. The average molecular weight is 303 g/mol. The van der Waals surface area contributed by atoms with Gasteiger partial charge in [0.25, 0.3) is 0 Å². The van der Waals surface area contributed by atoms with E-state index in [1.54, 1.807) is 23.5 Å². The highest BCUT2D eigenvalue weighted by Crippen LogP contribution is 2.26. The average Bonchev–Trinajstić information content (AvgIpc) is 2.97. The van der Waals surface area contributed by atoms with Crippen LogP contribution in [0, 0.1) is 5.92 Å². The maximum Gasteiger partial charge on any atom is 0.220 e. The van der Waals surface area contributed by atoms with E-state index in [0.29, 0.717) is 18.8 Å². The Morgan fingerprint density at radius 1 is 1.24 bits per heavy atom. The van der Waals surface area contributed by atoms with Crippen LogP contribution in [0.4, 0.5) is 0 Å². The van der Waals surface area contributed by atoms with Crippen LogP contribution in [0.1, 0.15) is 36.8 Å². The van der Waals surface area contributed by atoms with Crippen molar-refractivity contribution in [1.82, 2.24) is 5.32 Å². The van der Waals surface area contributed by atoms with Crippen molar-refractivity contribution in [2.24, 2.45) is 5.92 Å². The summed E-state index contributed by atoms with van der Waals surface area (Å²) in [4.78, 5) is 13.3. The maximum atomic E-state index is 12.1. The molecular weight excluding hydrogens is 282 g/mol. The van der Waals surface area contributed by atoms with Crippen molar-refractivity contribution in [2.75, 3.05) is 0 Å². The van der Waals surface area contributed by atoms with Crippen molar-refractivity contribution >= 4 is 17.2 Å². The number of thiophene rings is 1. The minimum atomic E-state index is 0.0188. The summed E-state index contributed by atoms with van der Waals surface area (Å²) in [6.07, 6.45) is 0.930. The van der Waals surface area contributed by atoms with Crippen molar-refractivity contribution in [1.29, 1.82) is 0 Å². The fraction of sp³-hybridized carbons (Fsp3) is 0.353. The molecule has 0 aliphatic rings. The standard InChI is InChI=1S/C17H21NO2S/c1-12(2)17(15-8-5-11-21-15)18-16(20)10-9-13-6-3-4-7-14(13)19/h3-8,11-12,17,19H,9-10H2,1-2H3,(H,18,20). The zero-order valence-corrected chi connectivity index (χ0v) is 13.2. The van der Waals surface area contributed by atoms with Gasteiger partial charge in [0.05, 0.1) is 6.04 Å². The van der Waals surface area contributed by atoms with Crippen molar-refractivity contribution in [3.05, 3.63) is 52.2 Å². The van der Waals surface area contributed by atoms with E-state index in [0.717, 1.165) is 5.56 Å². The number of rotatable bonds is 6. The molecule has 0 aliphatic heterocycles. The predicted octanol–water partition coefficient (Wildman–Crippen LogP) is 3.90. The van der Waals surface area contributed by atoms with E-state index in [2.05, 4.69) is 25.2 Å². The van der Waals surface area contributed by atoms with Crippen LogP contribution in [-0.2, 0) is 11.2 Å². The van der Waals surface area contributed by atoms with E-state index < -0.39 is 0 Å². The van der Waals surface area contributed by atoms with Crippen LogP contribution < -0.4 is 5.32 Å². The number of phenolic OH excluding ortho intramolecular Hbond substituents is 1. The van der Waals surface area contributed by atoms with Gasteiger partial charge in [0.1, 0.15) is 5.75 Å². The molecule has 1 atom stereocenters. The number of aryl methyl sites for hydroxylation is 1. The quantitative estimate of drug-likeness (QED) is 0.850. The number of para-hydroxylation sites is 1. The maximum absolute atomic E-state index is 12.1. The first-order valence-corrected chi connectivity index (χ1v) is 8.05. The van der Waals surface area contributed by atoms with E-state index >= 15 is 0 Å². The molecule has 0 saturated heterocycles. The summed E-state index contributed by atoms with van der Waals surface area (Å²) in [5.74, 6) is 0.618. The molecule has 1 amide bonds. The molecule has 0 bridgehead atoms. The Kier molecular flexibility index (Phi) is 5.39. The molecule has 1 aromatic carbocycles. The normalized spacial score (nSPS) is 12.3. The molecule has 0 aliphatic carbocycles. The lowest BCUT2D eigenvalue weighted by molar-refractivity contribution is -0.122. The van der Waals surface area contributed by atoms with Crippen LogP contribution in [0.2, 0.25) is 0 Å². The second-order valence-electron chi connectivity index (χ2n) is 5.43. The summed E-state index contributed by atoms with van der Waals surface area (Å²) in [6.45, 7) is 4.21. The van der Waals surface area contributed by atoms with E-state index in [1.165, 1.54) is 4.88 Å². The Balaban J connectivity index is 1.93. The summed E-state index contributed by atoms with van der Waals surface area (Å²) < 4.78 is 0. The molecule has 2 aromatic rings. The smallest absolute Gasteiger partial charge is 0.220 e. The Bertz CT molecular complexity index is 578. The highest BCUT2D eigenvalue weighted by molar-refractivity contribution is 7.10. The zero-order valence-electron chi connectivity index (χ0n) is 12.4. The summed E-state index contributed by atoms with van der Waals surface area (Å²) >= 11 is 1.66. The number of hydrogen-bond acceptors (Lipinski definition) is 3. The van der Waals surface area contributed by atoms with Gasteiger partial charge in [-0.1, -0.05) is 38.1 Å². The number of aromatic hydroxyl groups is 1. The Labute approximate surface area is 129 Å². The second kappa shape index (κ2) is 7.27. The van der Waals surface area contributed by atoms with Gasteiger partial charge in [0.2, 0.25) is 5.91 Å². The summed E-state index contributed by atoms with van der Waals surface area (Å²) in [5.41, 5.74) is 0.810. The van der Waals surface area contributed by atoms with Crippen LogP contribution in [0.25, 0.3) is 0 Å². The van der Waals surface area contributed by atoms with E-state index in [9.17, 15) is 9.90 Å². The fourth-order valence-corrected chi connectivity index (χ4v) is 3.20. The number of benzene rings is 1. The van der Waals surface area contributed by atoms with Gasteiger partial charge in [-0.05, 0) is 35.4 Å². The highest BCUT2D eigenvalue weighted by atomic mass is 32.1. The van der Waals surface area contributed by atoms with Crippen LogP contribution in [0.5, 0.6) is 5.75 Å². The lowest BCUT2D eigenvalue weighted by atomic mass is 10.0. The molecule has 0 fully saturated rings. The second-order valence-corrected chi connectivity index (χ2v) is 6.41. The van der Waals surface area contributed by atoms with Crippen molar-refractivity contribution in [3.63, 3.8) is 0 Å². The summed E-state index contributed by atoms with van der Waals surface area (Å²) in [5, 5.41) is 14.8. The van der Waals surface area contributed by atoms with Gasteiger partial charge in [0.15, 0.2) is 0 Å². The minimum Gasteiger partial charge on any atom is -0.508 e. The molecular formula is C17H21NO2S. The van der Waals surface area contributed by atoms with Gasteiger partial charge < -0.3 is 10.4 Å². The van der Waals surface area contributed by atoms with Gasteiger partial charge >= 0.3 is 0 Å². The number of nitrogens with one attached hydrogen (secondary N) is 1. The SMILES string of the molecule is CC(C)C(NC(=O)CCc1ccccc1O)c1cccs1. The third-order valence-corrected chi connectivity index (χ3v) is 4.40. The first-order valence-electron chi connectivity index (χ1n) is 7.17. The monoisotopic (exact) mass is 303 g/mol. The molecule has 4 heteroatoms. The van der Waals surface area contributed by atoms with E-state index in [-0.39, 0.29) is 17.7 Å². The number of phenols is 1. The fourth-order valence-electron chi connectivity index (χ4n) is 2.25. The third kappa shape index (κ3) is 4.33. The molecule has 2 rings (SSSR count). The molecule has 1 unspecified atom stereocenters. The van der Waals surface area contributed by atoms with Gasteiger partial charge in [-0.2, -0.15) is 0 Å². The minimum absolute atomic E-state index is 0.0188. The van der Waals surface area contributed by atoms with Gasteiger partial charge in [-0.3, -0.25) is 4.79 Å². The molecule has 1 heterocycles. The molecule has 3 nitrogen and oxygen atoms in total. The third-order valence-electron chi connectivity index (χ3n) is 3.45. The van der Waals surface area contributed by atoms with Crippen LogP contribution in [0.3, 0.4) is 0 Å². The van der Waals surface area contributed by atoms with Gasteiger partial charge in [0, 0.05) is 11.3 Å². The molecule has 1 aromatic heterocycles. The zero-order chi connectivity index (χ0) is 15.2.